The molecule has 2 aromatic carbocycles. The van der Waals surface area contributed by atoms with Gasteiger partial charge in [-0.05, 0) is 36.5 Å². The van der Waals surface area contributed by atoms with Crippen molar-refractivity contribution >= 4 is 28.9 Å². The smallest absolute Gasteiger partial charge is 0.261 e. The normalized spacial score (nSPS) is 10.0. The van der Waals surface area contributed by atoms with Crippen molar-refractivity contribution in [1.29, 1.82) is 0 Å². The molecule has 0 heterocycles. The van der Waals surface area contributed by atoms with Crippen LogP contribution in [0.1, 0.15) is 10.4 Å². The first-order chi connectivity index (χ1) is 12.1. The number of methoxy groups -OCH3 is 2. The Morgan fingerprint density at radius 1 is 1.08 bits per heavy atom. The molecule has 0 aliphatic heterocycles. The van der Waals surface area contributed by atoms with Crippen LogP contribution in [-0.4, -0.2) is 38.5 Å². The molecule has 0 atom stereocenters. The molecule has 0 spiro atoms. The summed E-state index contributed by atoms with van der Waals surface area (Å²) in [5, 5.41) is 5.78. The molecular formula is C18H20N2O4S. The lowest BCUT2D eigenvalue weighted by Gasteiger charge is -2.12. The number of carbonyl (C=O) groups excluding carboxylic acids is 1. The van der Waals surface area contributed by atoms with Crippen LogP contribution in [0, 0.1) is 0 Å². The molecule has 2 aromatic rings. The van der Waals surface area contributed by atoms with Crippen LogP contribution in [0.5, 0.6) is 11.5 Å². The van der Waals surface area contributed by atoms with Gasteiger partial charge in [-0.2, -0.15) is 0 Å². The highest BCUT2D eigenvalue weighted by atomic mass is 32.1. The van der Waals surface area contributed by atoms with E-state index in [1.54, 1.807) is 37.4 Å². The largest absolute Gasteiger partial charge is 0.496 e. The number of nitrogens with one attached hydrogen (secondary N) is 2. The van der Waals surface area contributed by atoms with Gasteiger partial charge in [0.1, 0.15) is 18.1 Å². The Labute approximate surface area is 152 Å². The Bertz CT molecular complexity index is 737. The van der Waals surface area contributed by atoms with E-state index in [-0.39, 0.29) is 11.0 Å². The lowest BCUT2D eigenvalue weighted by molar-refractivity contribution is 0.0975. The molecule has 2 N–H and O–H groups in total. The van der Waals surface area contributed by atoms with Crippen molar-refractivity contribution in [3.63, 3.8) is 0 Å². The fourth-order valence-electron chi connectivity index (χ4n) is 2.07. The molecule has 0 fully saturated rings. The van der Waals surface area contributed by atoms with Crippen LogP contribution < -0.4 is 20.1 Å². The van der Waals surface area contributed by atoms with Gasteiger partial charge in [0.25, 0.3) is 5.91 Å². The van der Waals surface area contributed by atoms with Crippen molar-refractivity contribution in [2.75, 3.05) is 32.8 Å². The molecule has 132 valence electrons. The Kier molecular flexibility index (Phi) is 7.18. The molecule has 1 amide bonds. The van der Waals surface area contributed by atoms with Crippen LogP contribution in [0.3, 0.4) is 0 Å². The van der Waals surface area contributed by atoms with Gasteiger partial charge in [-0.15, -0.1) is 0 Å². The van der Waals surface area contributed by atoms with E-state index in [1.807, 2.05) is 18.2 Å². The minimum absolute atomic E-state index is 0.185. The van der Waals surface area contributed by atoms with Crippen molar-refractivity contribution in [2.24, 2.45) is 0 Å². The predicted octanol–water partition coefficient (Wildman–Crippen LogP) is 2.85. The van der Waals surface area contributed by atoms with Crippen molar-refractivity contribution < 1.29 is 19.0 Å². The third-order valence-electron chi connectivity index (χ3n) is 3.23. The first-order valence-electron chi connectivity index (χ1n) is 7.61. The molecule has 2 rings (SSSR count). The highest BCUT2D eigenvalue weighted by molar-refractivity contribution is 7.80. The average molecular weight is 360 g/mol. The number of rotatable bonds is 7. The summed E-state index contributed by atoms with van der Waals surface area (Å²) in [4.78, 5) is 12.3. The average Bonchev–Trinajstić information content (AvgIpc) is 2.62. The van der Waals surface area contributed by atoms with E-state index in [9.17, 15) is 4.79 Å². The maximum Gasteiger partial charge on any atom is 0.261 e. The van der Waals surface area contributed by atoms with Gasteiger partial charge in [-0.25, -0.2) is 0 Å². The summed E-state index contributed by atoms with van der Waals surface area (Å²) in [6.07, 6.45) is 0. The highest BCUT2D eigenvalue weighted by Gasteiger charge is 2.13. The second-order valence-corrected chi connectivity index (χ2v) is 5.39. The third-order valence-corrected chi connectivity index (χ3v) is 3.43. The molecule has 0 aliphatic carbocycles. The molecule has 0 aliphatic rings. The zero-order chi connectivity index (χ0) is 18.1. The van der Waals surface area contributed by atoms with Gasteiger partial charge in [0.15, 0.2) is 5.11 Å². The minimum atomic E-state index is -0.345. The van der Waals surface area contributed by atoms with Gasteiger partial charge >= 0.3 is 0 Å². The van der Waals surface area contributed by atoms with E-state index in [2.05, 4.69) is 10.6 Å². The number of hydrogen-bond donors (Lipinski definition) is 2. The topological polar surface area (TPSA) is 68.8 Å². The SMILES string of the molecule is COCCOc1cccc(NC(=S)NC(=O)c2ccccc2OC)c1. The molecule has 0 unspecified atom stereocenters. The number of carbonyl (C=O) groups is 1. The molecular weight excluding hydrogens is 340 g/mol. The van der Waals surface area contributed by atoms with Crippen molar-refractivity contribution in [2.45, 2.75) is 0 Å². The van der Waals surface area contributed by atoms with Crippen LogP contribution in [0.15, 0.2) is 48.5 Å². The fraction of sp³-hybridized carbons (Fsp3) is 0.222. The Balaban J connectivity index is 1.95. The first-order valence-corrected chi connectivity index (χ1v) is 8.02. The van der Waals surface area contributed by atoms with E-state index >= 15 is 0 Å². The summed E-state index contributed by atoms with van der Waals surface area (Å²) < 4.78 is 15.7. The van der Waals surface area contributed by atoms with Crippen LogP contribution in [0.4, 0.5) is 5.69 Å². The third kappa shape index (κ3) is 5.74. The number of anilines is 1. The zero-order valence-electron chi connectivity index (χ0n) is 14.1. The van der Waals surface area contributed by atoms with E-state index < -0.39 is 0 Å². The van der Waals surface area contributed by atoms with Gasteiger partial charge in [0.2, 0.25) is 0 Å². The van der Waals surface area contributed by atoms with Crippen molar-refractivity contribution in [3.05, 3.63) is 54.1 Å². The molecule has 0 radical (unpaired) electrons. The van der Waals surface area contributed by atoms with Gasteiger partial charge in [-0.1, -0.05) is 18.2 Å². The van der Waals surface area contributed by atoms with Crippen LogP contribution in [0.2, 0.25) is 0 Å². The molecule has 7 heteroatoms. The monoisotopic (exact) mass is 360 g/mol. The molecule has 0 saturated heterocycles. The van der Waals surface area contributed by atoms with Crippen LogP contribution in [-0.2, 0) is 4.74 Å². The van der Waals surface area contributed by atoms with Gasteiger partial charge in [0.05, 0.1) is 19.3 Å². The predicted molar refractivity (Wildman–Crippen MR) is 100 cm³/mol. The van der Waals surface area contributed by atoms with E-state index in [1.165, 1.54) is 7.11 Å². The summed E-state index contributed by atoms with van der Waals surface area (Å²) in [7, 11) is 3.13. The molecule has 25 heavy (non-hydrogen) atoms. The quantitative estimate of drug-likeness (QED) is 0.585. The van der Waals surface area contributed by atoms with E-state index in [0.717, 1.165) is 0 Å². The Morgan fingerprint density at radius 2 is 1.88 bits per heavy atom. The zero-order valence-corrected chi connectivity index (χ0v) is 14.9. The van der Waals surface area contributed by atoms with Crippen LogP contribution >= 0.6 is 12.2 Å². The number of para-hydroxylation sites is 1. The summed E-state index contributed by atoms with van der Waals surface area (Å²) in [5.41, 5.74) is 1.12. The number of benzene rings is 2. The highest BCUT2D eigenvalue weighted by Crippen LogP contribution is 2.18. The second kappa shape index (κ2) is 9.61. The molecule has 6 nitrogen and oxygen atoms in total. The summed E-state index contributed by atoms with van der Waals surface area (Å²) in [6, 6.07) is 14.2. The van der Waals surface area contributed by atoms with Crippen LogP contribution in [0.25, 0.3) is 0 Å². The van der Waals surface area contributed by atoms with Gasteiger partial charge in [-0.3, -0.25) is 10.1 Å². The van der Waals surface area contributed by atoms with E-state index in [0.29, 0.717) is 36.0 Å². The number of ether oxygens (including phenoxy) is 3. The second-order valence-electron chi connectivity index (χ2n) is 4.98. The van der Waals surface area contributed by atoms with E-state index in [4.69, 9.17) is 26.4 Å². The van der Waals surface area contributed by atoms with Gasteiger partial charge in [0, 0.05) is 18.9 Å². The Morgan fingerprint density at radius 3 is 2.64 bits per heavy atom. The number of hydrogen-bond acceptors (Lipinski definition) is 5. The van der Waals surface area contributed by atoms with Crippen molar-refractivity contribution in [1.82, 2.24) is 5.32 Å². The fourth-order valence-corrected chi connectivity index (χ4v) is 2.28. The minimum Gasteiger partial charge on any atom is -0.496 e. The summed E-state index contributed by atoms with van der Waals surface area (Å²) in [5.74, 6) is 0.819. The standard InChI is InChI=1S/C18H20N2O4S/c1-22-10-11-24-14-7-5-6-13(12-14)19-18(25)20-17(21)15-8-3-4-9-16(15)23-2/h3-9,12H,10-11H2,1-2H3,(H2,19,20,21,25). The maximum atomic E-state index is 12.3. The van der Waals surface area contributed by atoms with Gasteiger partial charge < -0.3 is 19.5 Å². The Hall–Kier alpha value is -2.64. The molecule has 0 aromatic heterocycles. The lowest BCUT2D eigenvalue weighted by Crippen LogP contribution is -2.34. The molecule has 0 bridgehead atoms. The van der Waals surface area contributed by atoms with Crippen molar-refractivity contribution in [3.8, 4) is 11.5 Å². The summed E-state index contributed by atoms with van der Waals surface area (Å²) >= 11 is 5.20. The molecule has 0 saturated carbocycles. The lowest BCUT2D eigenvalue weighted by atomic mass is 10.2. The maximum absolute atomic E-state index is 12.3. The number of thiocarbonyl (C=S) groups is 1. The number of amides is 1. The summed E-state index contributed by atoms with van der Waals surface area (Å²) in [6.45, 7) is 0.958. The first kappa shape index (κ1) is 18.7.